The number of phenols is 1. The number of non-ortho nitro benzene ring substituents is 1. The lowest BCUT2D eigenvalue weighted by molar-refractivity contribution is -0.384. The summed E-state index contributed by atoms with van der Waals surface area (Å²) in [6.07, 6.45) is -8.18. The van der Waals surface area contributed by atoms with Crippen LogP contribution in [0.2, 0.25) is 0 Å². The third-order valence-corrected chi connectivity index (χ3v) is 3.59. The second-order valence-electron chi connectivity index (χ2n) is 5.79. The van der Waals surface area contributed by atoms with Crippen molar-refractivity contribution in [2.24, 2.45) is 4.99 Å². The lowest BCUT2D eigenvalue weighted by Crippen LogP contribution is -2.33. The van der Waals surface area contributed by atoms with E-state index >= 15 is 0 Å². The summed E-state index contributed by atoms with van der Waals surface area (Å²) in [7, 11) is 0. The molecule has 162 valence electrons. The number of rotatable bonds is 7. The topological polar surface area (TPSA) is 85.0 Å². The van der Waals surface area contributed by atoms with Crippen molar-refractivity contribution in [1.82, 2.24) is 0 Å². The van der Waals surface area contributed by atoms with Gasteiger partial charge in [-0.25, -0.2) is 8.78 Å². The van der Waals surface area contributed by atoms with E-state index in [4.69, 9.17) is 0 Å². The molecular weight excluding hydrogens is 429 g/mol. The average Bonchev–Trinajstić information content (AvgIpc) is 2.64. The number of hydrogen-bond donors (Lipinski definition) is 1. The molecule has 0 aliphatic heterocycles. The van der Waals surface area contributed by atoms with Gasteiger partial charge in [0.2, 0.25) is 0 Å². The van der Waals surface area contributed by atoms with Crippen LogP contribution in [0.1, 0.15) is 11.1 Å². The van der Waals surface area contributed by atoms with E-state index in [1.165, 1.54) is 0 Å². The molecule has 6 nitrogen and oxygen atoms in total. The van der Waals surface area contributed by atoms with Gasteiger partial charge in [0.25, 0.3) is 5.69 Å². The number of phenolic OH excluding ortho intramolecular Hbond substituents is 1. The molecule has 0 unspecified atom stereocenters. The van der Waals surface area contributed by atoms with Gasteiger partial charge in [0, 0.05) is 23.9 Å². The number of alkyl halides is 7. The van der Waals surface area contributed by atoms with Crippen LogP contribution in [-0.2, 0) is 6.18 Å². The van der Waals surface area contributed by atoms with E-state index < -0.39 is 58.5 Å². The number of nitro groups is 1. The first kappa shape index (κ1) is 22.9. The number of halogens is 7. The van der Waals surface area contributed by atoms with Crippen LogP contribution in [0.25, 0.3) is 0 Å². The smallest absolute Gasteiger partial charge is 0.416 e. The van der Waals surface area contributed by atoms with Crippen LogP contribution >= 0.6 is 0 Å². The van der Waals surface area contributed by atoms with Crippen LogP contribution in [0.5, 0.6) is 11.5 Å². The number of benzene rings is 2. The van der Waals surface area contributed by atoms with E-state index in [0.717, 1.165) is 24.4 Å². The first-order valence-electron chi connectivity index (χ1n) is 7.83. The van der Waals surface area contributed by atoms with Crippen molar-refractivity contribution in [3.8, 4) is 11.5 Å². The maximum atomic E-state index is 13.1. The Morgan fingerprint density at radius 1 is 1.13 bits per heavy atom. The Morgan fingerprint density at radius 3 is 2.37 bits per heavy atom. The molecule has 0 bridgehead atoms. The minimum absolute atomic E-state index is 0.273. The van der Waals surface area contributed by atoms with Crippen molar-refractivity contribution in [1.29, 1.82) is 0 Å². The van der Waals surface area contributed by atoms with Crippen molar-refractivity contribution in [2.45, 2.75) is 18.5 Å². The fourth-order valence-electron chi connectivity index (χ4n) is 2.05. The van der Waals surface area contributed by atoms with Crippen molar-refractivity contribution >= 4 is 17.6 Å². The zero-order valence-electron chi connectivity index (χ0n) is 14.5. The summed E-state index contributed by atoms with van der Waals surface area (Å²) in [4.78, 5) is 13.6. The Balaban J connectivity index is 2.44. The van der Waals surface area contributed by atoms with Gasteiger partial charge in [0.1, 0.15) is 17.2 Å². The lowest BCUT2D eigenvalue weighted by atomic mass is 10.1. The number of nitro benzene ring substituents is 1. The van der Waals surface area contributed by atoms with Gasteiger partial charge in [0.05, 0.1) is 10.5 Å². The number of hydrogen-bond acceptors (Lipinski definition) is 5. The summed E-state index contributed by atoms with van der Waals surface area (Å²) in [6, 6.07) is 4.24. The molecule has 2 aromatic carbocycles. The largest absolute Gasteiger partial charge is 0.507 e. The molecular formula is C17H11F7N2O4. The Bertz CT molecular complexity index is 962. The summed E-state index contributed by atoms with van der Waals surface area (Å²) in [6.45, 7) is -1.83. The van der Waals surface area contributed by atoms with Crippen LogP contribution < -0.4 is 4.74 Å². The minimum atomic E-state index is -4.84. The fraction of sp³-hybridized carbons (Fsp3) is 0.235. The highest BCUT2D eigenvalue weighted by atomic mass is 19.4. The van der Waals surface area contributed by atoms with E-state index in [0.29, 0.717) is 18.2 Å². The lowest BCUT2D eigenvalue weighted by Gasteiger charge is -2.17. The van der Waals surface area contributed by atoms with E-state index in [2.05, 4.69) is 9.73 Å². The number of aromatic hydroxyl groups is 1. The second kappa shape index (κ2) is 8.55. The Hall–Kier alpha value is -3.38. The SMILES string of the molecule is O=[N+]([O-])c1ccc(O)c(C=Nc2cc(C(F)(F)F)ccc2OCC(F)(F)C(F)F)c1. The zero-order chi connectivity index (χ0) is 22.7. The van der Waals surface area contributed by atoms with Crippen molar-refractivity contribution in [3.63, 3.8) is 0 Å². The first-order valence-corrected chi connectivity index (χ1v) is 7.83. The minimum Gasteiger partial charge on any atom is -0.507 e. The van der Waals surface area contributed by atoms with Gasteiger partial charge in [-0.05, 0) is 24.3 Å². The molecule has 0 spiro atoms. The van der Waals surface area contributed by atoms with Gasteiger partial charge in [0.15, 0.2) is 6.61 Å². The predicted molar refractivity (Wildman–Crippen MR) is 89.9 cm³/mol. The summed E-state index contributed by atoms with van der Waals surface area (Å²) in [5.41, 5.74) is -2.66. The Morgan fingerprint density at radius 2 is 1.80 bits per heavy atom. The third-order valence-electron chi connectivity index (χ3n) is 3.59. The van der Waals surface area contributed by atoms with Crippen molar-refractivity contribution in [3.05, 3.63) is 57.6 Å². The summed E-state index contributed by atoms with van der Waals surface area (Å²) in [5.74, 6) is -5.75. The van der Waals surface area contributed by atoms with E-state index in [1.54, 1.807) is 0 Å². The number of aliphatic imine (C=N–C) groups is 1. The average molecular weight is 440 g/mol. The third kappa shape index (κ3) is 5.58. The van der Waals surface area contributed by atoms with E-state index in [9.17, 15) is 46.0 Å². The molecule has 30 heavy (non-hydrogen) atoms. The predicted octanol–water partition coefficient (Wildman–Crippen LogP) is 5.35. The molecule has 1 N–H and O–H groups in total. The fourth-order valence-corrected chi connectivity index (χ4v) is 2.05. The van der Waals surface area contributed by atoms with Crippen LogP contribution in [0.4, 0.5) is 42.1 Å². The van der Waals surface area contributed by atoms with Crippen LogP contribution in [0, 0.1) is 10.1 Å². The molecule has 0 amide bonds. The highest BCUT2D eigenvalue weighted by molar-refractivity contribution is 5.87. The molecule has 0 fully saturated rings. The van der Waals surface area contributed by atoms with Crippen LogP contribution in [0.3, 0.4) is 0 Å². The molecule has 0 aliphatic carbocycles. The van der Waals surface area contributed by atoms with Gasteiger partial charge in [-0.1, -0.05) is 0 Å². The van der Waals surface area contributed by atoms with Gasteiger partial charge < -0.3 is 9.84 Å². The first-order chi connectivity index (χ1) is 13.8. The monoisotopic (exact) mass is 440 g/mol. The second-order valence-corrected chi connectivity index (χ2v) is 5.79. The van der Waals surface area contributed by atoms with Crippen LogP contribution in [-0.4, -0.2) is 35.2 Å². The molecule has 0 aliphatic rings. The quantitative estimate of drug-likeness (QED) is 0.272. The van der Waals surface area contributed by atoms with Gasteiger partial charge in [-0.2, -0.15) is 22.0 Å². The maximum Gasteiger partial charge on any atom is 0.416 e. The summed E-state index contributed by atoms with van der Waals surface area (Å²) >= 11 is 0. The van der Waals surface area contributed by atoms with Gasteiger partial charge in [-0.15, -0.1) is 0 Å². The summed E-state index contributed by atoms with van der Waals surface area (Å²) < 4.78 is 94.0. The normalized spacial score (nSPS) is 12.5. The molecule has 0 atom stereocenters. The molecule has 0 saturated heterocycles. The van der Waals surface area contributed by atoms with Gasteiger partial charge >= 0.3 is 18.5 Å². The molecule has 2 aromatic rings. The number of ether oxygens (including phenoxy) is 1. The Kier molecular flexibility index (Phi) is 6.53. The molecule has 0 radical (unpaired) electrons. The molecule has 0 aromatic heterocycles. The standard InChI is InChI=1S/C17H11F7N2O4/c18-15(19)16(20,21)8-30-14-4-1-10(17(22,23)24)6-12(14)25-7-9-5-11(26(28)29)2-3-13(9)27/h1-7,15,27H,8H2. The molecule has 0 saturated carbocycles. The van der Waals surface area contributed by atoms with Crippen LogP contribution in [0.15, 0.2) is 41.4 Å². The van der Waals surface area contributed by atoms with E-state index in [1.807, 2.05) is 0 Å². The van der Waals surface area contributed by atoms with Crippen molar-refractivity contribution < 1.29 is 45.5 Å². The van der Waals surface area contributed by atoms with E-state index in [-0.39, 0.29) is 5.56 Å². The summed E-state index contributed by atoms with van der Waals surface area (Å²) in [5, 5.41) is 20.5. The Labute approximate surface area is 163 Å². The molecule has 2 rings (SSSR count). The highest BCUT2D eigenvalue weighted by Gasteiger charge is 2.42. The van der Waals surface area contributed by atoms with Gasteiger partial charge in [-0.3, -0.25) is 15.1 Å². The molecule has 13 heteroatoms. The number of nitrogens with zero attached hydrogens (tertiary/aromatic N) is 2. The maximum absolute atomic E-state index is 13.1. The molecule has 0 heterocycles. The zero-order valence-corrected chi connectivity index (χ0v) is 14.5. The highest BCUT2D eigenvalue weighted by Crippen LogP contribution is 2.37. The van der Waals surface area contributed by atoms with Crippen molar-refractivity contribution in [2.75, 3.05) is 6.61 Å².